The number of urea groups is 1. The number of fused-ring (bicyclic) bond motifs is 1. The number of rotatable bonds is 6. The fourth-order valence-corrected chi connectivity index (χ4v) is 6.52. The van der Waals surface area contributed by atoms with Crippen LogP contribution < -0.4 is 16.0 Å². The third kappa shape index (κ3) is 5.11. The summed E-state index contributed by atoms with van der Waals surface area (Å²) in [7, 11) is 0. The zero-order valence-electron chi connectivity index (χ0n) is 19.4. The highest BCUT2D eigenvalue weighted by Crippen LogP contribution is 2.50. The topological polar surface area (TPSA) is 95.3 Å². The molecule has 0 spiro atoms. The number of hydrogen-bond donors (Lipinski definition) is 3. The van der Waals surface area contributed by atoms with Gasteiger partial charge in [-0.15, -0.1) is 11.3 Å². The predicted molar refractivity (Wildman–Crippen MR) is 130 cm³/mol. The highest BCUT2D eigenvalue weighted by molar-refractivity contribution is 8.00. The molecule has 4 heterocycles. The molecule has 8 nitrogen and oxygen atoms in total. The number of alkyl halides is 4. The summed E-state index contributed by atoms with van der Waals surface area (Å²) in [6, 6.07) is 3.82. The number of anilines is 1. The molecule has 36 heavy (non-hydrogen) atoms. The van der Waals surface area contributed by atoms with Crippen molar-refractivity contribution in [3.8, 4) is 10.7 Å². The average Bonchev–Trinajstić information content (AvgIpc) is 3.53. The van der Waals surface area contributed by atoms with Gasteiger partial charge in [-0.25, -0.2) is 9.18 Å². The summed E-state index contributed by atoms with van der Waals surface area (Å²) < 4.78 is 61.4. The van der Waals surface area contributed by atoms with E-state index in [1.807, 2.05) is 13.8 Å². The van der Waals surface area contributed by atoms with E-state index in [9.17, 15) is 22.4 Å². The zero-order chi connectivity index (χ0) is 25.6. The highest BCUT2D eigenvalue weighted by Gasteiger charge is 2.36. The fourth-order valence-electron chi connectivity index (χ4n) is 4.41. The van der Waals surface area contributed by atoms with Gasteiger partial charge in [0.2, 0.25) is 5.82 Å². The van der Waals surface area contributed by atoms with E-state index in [4.69, 9.17) is 4.52 Å². The third-order valence-electron chi connectivity index (χ3n) is 6.25. The number of thioether (sulfide) groups is 1. The van der Waals surface area contributed by atoms with Crippen molar-refractivity contribution in [2.45, 2.75) is 55.0 Å². The van der Waals surface area contributed by atoms with E-state index in [1.165, 1.54) is 0 Å². The Hall–Kier alpha value is -2.58. The minimum absolute atomic E-state index is 0.00124. The van der Waals surface area contributed by atoms with Crippen LogP contribution in [0.4, 0.5) is 28.0 Å². The number of amides is 2. The fraction of sp³-hybridized carbons (Fsp3) is 0.500. The lowest BCUT2D eigenvalue weighted by Gasteiger charge is -2.37. The number of carbonyl (C=O) groups is 1. The first-order valence-corrected chi connectivity index (χ1v) is 13.1. The van der Waals surface area contributed by atoms with E-state index in [1.54, 1.807) is 18.2 Å². The van der Waals surface area contributed by atoms with Crippen LogP contribution in [0.5, 0.6) is 0 Å². The van der Waals surface area contributed by atoms with Gasteiger partial charge in [0, 0.05) is 36.0 Å². The SMILES string of the molecule is CC(C)N1CC[C@@H](Nc2cccc3c(SC(F)(F)F)c(-c4noc([C@H]5CNC(=O)N5)n4)sc23)[C@@H](F)C1. The molecule has 5 rings (SSSR count). The highest BCUT2D eigenvalue weighted by atomic mass is 32.2. The van der Waals surface area contributed by atoms with Crippen LogP contribution in [-0.2, 0) is 0 Å². The number of carbonyl (C=O) groups excluding carboxylic acids is 1. The number of nitrogens with one attached hydrogen (secondary N) is 3. The minimum atomic E-state index is -4.55. The molecular weight excluding hydrogens is 520 g/mol. The molecule has 3 aromatic rings. The Morgan fingerprint density at radius 2 is 2.14 bits per heavy atom. The summed E-state index contributed by atoms with van der Waals surface area (Å²) >= 11 is 0.849. The molecule has 14 heteroatoms. The smallest absolute Gasteiger partial charge is 0.378 e. The first kappa shape index (κ1) is 25.1. The first-order chi connectivity index (χ1) is 17.1. The van der Waals surface area contributed by atoms with Crippen molar-refractivity contribution in [1.82, 2.24) is 25.7 Å². The lowest BCUT2D eigenvalue weighted by molar-refractivity contribution is -0.0327. The summed E-state index contributed by atoms with van der Waals surface area (Å²) in [4.78, 5) is 17.9. The Labute approximate surface area is 212 Å². The minimum Gasteiger partial charge on any atom is -0.378 e. The maximum Gasteiger partial charge on any atom is 0.446 e. The third-order valence-corrected chi connectivity index (χ3v) is 8.47. The lowest BCUT2D eigenvalue weighted by atomic mass is 10.0. The summed E-state index contributed by atoms with van der Waals surface area (Å²) in [6.07, 6.45) is -0.539. The van der Waals surface area contributed by atoms with Crippen LogP contribution >= 0.6 is 23.1 Å². The van der Waals surface area contributed by atoms with Gasteiger partial charge in [-0.3, -0.25) is 4.90 Å². The predicted octanol–water partition coefficient (Wildman–Crippen LogP) is 5.15. The number of likely N-dealkylation sites (tertiary alicyclic amines) is 1. The number of hydrogen-bond acceptors (Lipinski definition) is 8. The van der Waals surface area contributed by atoms with E-state index < -0.39 is 29.8 Å². The monoisotopic (exact) mass is 544 g/mol. The van der Waals surface area contributed by atoms with Gasteiger partial charge in [0.05, 0.1) is 21.3 Å². The Morgan fingerprint density at radius 1 is 1.33 bits per heavy atom. The molecule has 194 valence electrons. The molecule has 0 aliphatic carbocycles. The van der Waals surface area contributed by atoms with Crippen LogP contribution in [0, 0.1) is 0 Å². The molecule has 2 saturated heterocycles. The normalized spacial score (nSPS) is 23.3. The van der Waals surface area contributed by atoms with E-state index in [0.717, 1.165) is 17.9 Å². The number of halogens is 4. The lowest BCUT2D eigenvalue weighted by Crippen LogP contribution is -2.50. The van der Waals surface area contributed by atoms with Crippen LogP contribution in [0.2, 0.25) is 0 Å². The molecule has 3 N–H and O–H groups in total. The van der Waals surface area contributed by atoms with Gasteiger partial charge < -0.3 is 20.5 Å². The molecule has 0 bridgehead atoms. The molecule has 2 fully saturated rings. The van der Waals surface area contributed by atoms with E-state index in [0.29, 0.717) is 28.7 Å². The maximum absolute atomic E-state index is 15.0. The zero-order valence-corrected chi connectivity index (χ0v) is 21.0. The van der Waals surface area contributed by atoms with Gasteiger partial charge >= 0.3 is 11.5 Å². The van der Waals surface area contributed by atoms with Crippen molar-refractivity contribution < 1.29 is 26.9 Å². The maximum atomic E-state index is 15.0. The van der Waals surface area contributed by atoms with Crippen LogP contribution in [0.1, 0.15) is 32.2 Å². The summed E-state index contributed by atoms with van der Waals surface area (Å²) in [5.74, 6) is 0.0953. The molecule has 0 saturated carbocycles. The Kier molecular flexibility index (Phi) is 6.76. The van der Waals surface area contributed by atoms with E-state index in [2.05, 4.69) is 31.0 Å². The quantitative estimate of drug-likeness (QED) is 0.292. The summed E-state index contributed by atoms with van der Waals surface area (Å²) in [6.45, 7) is 5.30. The molecule has 0 unspecified atom stereocenters. The van der Waals surface area contributed by atoms with Crippen LogP contribution in [0.3, 0.4) is 0 Å². The molecule has 1 aromatic carbocycles. The van der Waals surface area contributed by atoms with Gasteiger partial charge in [-0.05, 0) is 38.1 Å². The first-order valence-electron chi connectivity index (χ1n) is 11.4. The van der Waals surface area contributed by atoms with Crippen LogP contribution in [0.25, 0.3) is 20.8 Å². The van der Waals surface area contributed by atoms with Crippen molar-refractivity contribution >= 4 is 44.9 Å². The van der Waals surface area contributed by atoms with Gasteiger partial charge in [-0.1, -0.05) is 17.3 Å². The number of aromatic nitrogens is 2. The Balaban J connectivity index is 1.49. The average molecular weight is 545 g/mol. The molecule has 2 amide bonds. The van der Waals surface area contributed by atoms with Crippen molar-refractivity contribution in [3.63, 3.8) is 0 Å². The number of benzene rings is 1. The molecule has 3 atom stereocenters. The van der Waals surface area contributed by atoms with E-state index >= 15 is 0 Å². The van der Waals surface area contributed by atoms with E-state index in [-0.39, 0.29) is 45.8 Å². The second-order valence-corrected chi connectivity index (χ2v) is 11.1. The van der Waals surface area contributed by atoms with Crippen molar-refractivity contribution in [1.29, 1.82) is 0 Å². The van der Waals surface area contributed by atoms with Crippen molar-refractivity contribution in [2.24, 2.45) is 0 Å². The number of nitrogens with zero attached hydrogens (tertiary/aromatic N) is 3. The van der Waals surface area contributed by atoms with Crippen molar-refractivity contribution in [3.05, 3.63) is 24.1 Å². The van der Waals surface area contributed by atoms with Crippen molar-refractivity contribution in [2.75, 3.05) is 25.0 Å². The summed E-state index contributed by atoms with van der Waals surface area (Å²) in [5, 5.41) is 12.7. The standard InChI is InChI=1S/C22H24F4N6O2S2/c1-10(2)32-7-6-13(12(23)9-32)28-14-5-3-4-11-16(14)35-18(17(11)36-22(24,25)26)19-30-20(34-31-19)15-8-27-21(33)29-15/h3-5,10,12-13,15,28H,6-9H2,1-2H3,(H2,27,29,33)/t12-,13+,15+/m0/s1. The molecule has 2 aromatic heterocycles. The van der Waals surface area contributed by atoms with Gasteiger partial charge in [0.1, 0.15) is 12.2 Å². The summed E-state index contributed by atoms with van der Waals surface area (Å²) in [5.41, 5.74) is -3.98. The molecular formula is C22H24F4N6O2S2. The van der Waals surface area contributed by atoms with Crippen LogP contribution in [0.15, 0.2) is 27.6 Å². The van der Waals surface area contributed by atoms with Gasteiger partial charge in [0.25, 0.3) is 5.89 Å². The molecule has 2 aliphatic heterocycles. The Morgan fingerprint density at radius 3 is 2.81 bits per heavy atom. The molecule has 2 aliphatic rings. The number of thiophene rings is 1. The Bertz CT molecular complexity index is 1260. The van der Waals surface area contributed by atoms with Gasteiger partial charge in [-0.2, -0.15) is 18.2 Å². The van der Waals surface area contributed by atoms with Gasteiger partial charge in [0.15, 0.2) is 0 Å². The number of piperidine rings is 1. The molecule has 0 radical (unpaired) electrons. The second-order valence-electron chi connectivity index (χ2n) is 9.00. The second kappa shape index (κ2) is 9.71. The largest absolute Gasteiger partial charge is 0.446 e. The van der Waals surface area contributed by atoms with Crippen LogP contribution in [-0.4, -0.2) is 64.5 Å².